The van der Waals surface area contributed by atoms with Crippen LogP contribution in [0.4, 0.5) is 5.69 Å². The Morgan fingerprint density at radius 3 is 2.23 bits per heavy atom. The molecule has 0 spiro atoms. The van der Waals surface area contributed by atoms with Crippen molar-refractivity contribution in [2.45, 2.75) is 20.3 Å². The highest BCUT2D eigenvalue weighted by Crippen LogP contribution is 2.22. The van der Waals surface area contributed by atoms with Gasteiger partial charge in [-0.3, -0.25) is 9.10 Å². The van der Waals surface area contributed by atoms with Crippen molar-refractivity contribution in [2.75, 3.05) is 56.4 Å². The fourth-order valence-electron chi connectivity index (χ4n) is 2.86. The Balaban J connectivity index is 2.07. The Kier molecular flexibility index (Phi) is 7.28. The minimum Gasteiger partial charge on any atom is -0.494 e. The number of carbonyl (C=O) groups excluding carboxylic acids is 1. The van der Waals surface area contributed by atoms with Crippen LogP contribution in [-0.2, 0) is 14.8 Å². The Morgan fingerprint density at radius 2 is 1.73 bits per heavy atom. The summed E-state index contributed by atoms with van der Waals surface area (Å²) < 4.78 is 31.1. The second-order valence-electron chi connectivity index (χ2n) is 6.43. The van der Waals surface area contributed by atoms with E-state index in [1.54, 1.807) is 29.2 Å². The summed E-state index contributed by atoms with van der Waals surface area (Å²) >= 11 is 0. The van der Waals surface area contributed by atoms with Crippen molar-refractivity contribution in [2.24, 2.45) is 0 Å². The van der Waals surface area contributed by atoms with Gasteiger partial charge in [0, 0.05) is 26.2 Å². The SMILES string of the molecule is CCCOc1ccc(N(CC(=O)N2CCN(CC)CC2)S(C)(=O)=O)cc1. The van der Waals surface area contributed by atoms with Crippen LogP contribution in [0.5, 0.6) is 5.75 Å². The summed E-state index contributed by atoms with van der Waals surface area (Å²) in [6.07, 6.45) is 2.02. The number of anilines is 1. The molecule has 1 heterocycles. The number of piperazine rings is 1. The van der Waals surface area contributed by atoms with Gasteiger partial charge in [0.15, 0.2) is 0 Å². The summed E-state index contributed by atoms with van der Waals surface area (Å²) in [7, 11) is -3.56. The summed E-state index contributed by atoms with van der Waals surface area (Å²) in [5.41, 5.74) is 0.469. The molecule has 0 aromatic heterocycles. The number of hydrogen-bond donors (Lipinski definition) is 0. The van der Waals surface area contributed by atoms with Crippen LogP contribution in [0, 0.1) is 0 Å². The maximum Gasteiger partial charge on any atom is 0.243 e. The molecule has 7 nitrogen and oxygen atoms in total. The first kappa shape index (κ1) is 20.5. The average Bonchev–Trinajstić information content (AvgIpc) is 2.64. The minimum absolute atomic E-state index is 0.169. The van der Waals surface area contributed by atoms with Gasteiger partial charge in [-0.05, 0) is 37.2 Å². The third-order valence-corrected chi connectivity index (χ3v) is 5.59. The van der Waals surface area contributed by atoms with Crippen LogP contribution in [0.1, 0.15) is 20.3 Å². The molecule has 0 saturated carbocycles. The van der Waals surface area contributed by atoms with E-state index in [0.29, 0.717) is 31.1 Å². The molecule has 1 amide bonds. The molecule has 0 unspecified atom stereocenters. The highest BCUT2D eigenvalue weighted by molar-refractivity contribution is 7.92. The number of hydrogen-bond acceptors (Lipinski definition) is 5. The number of rotatable bonds is 8. The maximum absolute atomic E-state index is 12.6. The number of benzene rings is 1. The zero-order chi connectivity index (χ0) is 19.2. The van der Waals surface area contributed by atoms with E-state index in [2.05, 4.69) is 11.8 Å². The lowest BCUT2D eigenvalue weighted by atomic mass is 10.3. The monoisotopic (exact) mass is 383 g/mol. The molecule has 0 radical (unpaired) electrons. The lowest BCUT2D eigenvalue weighted by molar-refractivity contribution is -0.131. The molecule has 1 aromatic carbocycles. The second-order valence-corrected chi connectivity index (χ2v) is 8.33. The Labute approximate surface area is 156 Å². The normalized spacial score (nSPS) is 15.7. The molecule has 0 atom stereocenters. The minimum atomic E-state index is -3.56. The predicted molar refractivity (Wildman–Crippen MR) is 103 cm³/mol. The van der Waals surface area contributed by atoms with Crippen LogP contribution in [0.15, 0.2) is 24.3 Å². The number of likely N-dealkylation sites (N-methyl/N-ethyl adjacent to an activating group) is 1. The van der Waals surface area contributed by atoms with Crippen LogP contribution in [0.2, 0.25) is 0 Å². The van der Waals surface area contributed by atoms with Gasteiger partial charge < -0.3 is 14.5 Å². The largest absolute Gasteiger partial charge is 0.494 e. The van der Waals surface area contributed by atoms with E-state index < -0.39 is 10.0 Å². The standard InChI is InChI=1S/C18H29N3O4S/c1-4-14-25-17-8-6-16(7-9-17)21(26(3,23)24)15-18(22)20-12-10-19(5-2)11-13-20/h6-9H,4-5,10-15H2,1-3H3. The van der Waals surface area contributed by atoms with Crippen LogP contribution >= 0.6 is 0 Å². The molecular formula is C18H29N3O4S. The highest BCUT2D eigenvalue weighted by Gasteiger charge is 2.26. The first-order chi connectivity index (χ1) is 12.3. The van der Waals surface area contributed by atoms with E-state index in [-0.39, 0.29) is 12.5 Å². The molecule has 2 rings (SSSR count). The predicted octanol–water partition coefficient (Wildman–Crippen LogP) is 1.41. The molecular weight excluding hydrogens is 354 g/mol. The van der Waals surface area contributed by atoms with E-state index in [4.69, 9.17) is 4.74 Å². The van der Waals surface area contributed by atoms with Gasteiger partial charge in [0.2, 0.25) is 15.9 Å². The van der Waals surface area contributed by atoms with Gasteiger partial charge in [-0.1, -0.05) is 13.8 Å². The van der Waals surface area contributed by atoms with Crippen molar-refractivity contribution in [1.29, 1.82) is 0 Å². The van der Waals surface area contributed by atoms with E-state index in [0.717, 1.165) is 36.6 Å². The highest BCUT2D eigenvalue weighted by atomic mass is 32.2. The summed E-state index contributed by atoms with van der Waals surface area (Å²) in [6, 6.07) is 6.81. The van der Waals surface area contributed by atoms with Crippen molar-refractivity contribution in [1.82, 2.24) is 9.80 Å². The van der Waals surface area contributed by atoms with E-state index in [1.807, 2.05) is 6.92 Å². The van der Waals surface area contributed by atoms with Gasteiger partial charge in [-0.2, -0.15) is 0 Å². The number of carbonyl (C=O) groups is 1. The van der Waals surface area contributed by atoms with E-state index in [9.17, 15) is 13.2 Å². The van der Waals surface area contributed by atoms with Gasteiger partial charge in [-0.25, -0.2) is 8.42 Å². The van der Waals surface area contributed by atoms with Gasteiger partial charge in [-0.15, -0.1) is 0 Å². The van der Waals surface area contributed by atoms with Crippen LogP contribution in [-0.4, -0.2) is 76.3 Å². The lowest BCUT2D eigenvalue weighted by Gasteiger charge is -2.35. The van der Waals surface area contributed by atoms with Crippen LogP contribution < -0.4 is 9.04 Å². The molecule has 1 aromatic rings. The maximum atomic E-state index is 12.6. The summed E-state index contributed by atoms with van der Waals surface area (Å²) in [6.45, 7) is 8.42. The lowest BCUT2D eigenvalue weighted by Crippen LogP contribution is -2.51. The van der Waals surface area contributed by atoms with Gasteiger partial charge in [0.05, 0.1) is 18.6 Å². The number of amides is 1. The molecule has 1 fully saturated rings. The summed E-state index contributed by atoms with van der Waals surface area (Å²) in [5.74, 6) is 0.517. The van der Waals surface area contributed by atoms with Gasteiger partial charge >= 0.3 is 0 Å². The van der Waals surface area contributed by atoms with Crippen LogP contribution in [0.25, 0.3) is 0 Å². The summed E-state index contributed by atoms with van der Waals surface area (Å²) in [5, 5.41) is 0. The Bertz CT molecular complexity index is 683. The average molecular weight is 384 g/mol. The van der Waals surface area contributed by atoms with Crippen molar-refractivity contribution >= 4 is 21.6 Å². The van der Waals surface area contributed by atoms with Crippen molar-refractivity contribution in [3.63, 3.8) is 0 Å². The van der Waals surface area contributed by atoms with E-state index in [1.165, 1.54) is 0 Å². The van der Waals surface area contributed by atoms with E-state index >= 15 is 0 Å². The van der Waals surface area contributed by atoms with Crippen molar-refractivity contribution in [3.05, 3.63) is 24.3 Å². The second kappa shape index (κ2) is 9.23. The smallest absolute Gasteiger partial charge is 0.243 e. The number of sulfonamides is 1. The molecule has 8 heteroatoms. The quantitative estimate of drug-likeness (QED) is 0.679. The van der Waals surface area contributed by atoms with Crippen LogP contribution in [0.3, 0.4) is 0 Å². The Hall–Kier alpha value is -1.80. The van der Waals surface area contributed by atoms with Crippen molar-refractivity contribution in [3.8, 4) is 5.75 Å². The topological polar surface area (TPSA) is 70.2 Å². The molecule has 0 aliphatic carbocycles. The van der Waals surface area contributed by atoms with Gasteiger partial charge in [0.1, 0.15) is 12.3 Å². The zero-order valence-corrected chi connectivity index (χ0v) is 16.7. The zero-order valence-electron chi connectivity index (χ0n) is 15.8. The first-order valence-corrected chi connectivity index (χ1v) is 10.9. The fourth-order valence-corrected chi connectivity index (χ4v) is 3.71. The molecule has 1 saturated heterocycles. The molecule has 0 N–H and O–H groups in total. The molecule has 26 heavy (non-hydrogen) atoms. The van der Waals surface area contributed by atoms with Crippen molar-refractivity contribution < 1.29 is 17.9 Å². The summed E-state index contributed by atoms with van der Waals surface area (Å²) in [4.78, 5) is 16.6. The Morgan fingerprint density at radius 1 is 1.12 bits per heavy atom. The first-order valence-electron chi connectivity index (χ1n) is 9.05. The van der Waals surface area contributed by atoms with Gasteiger partial charge in [0.25, 0.3) is 0 Å². The fraction of sp³-hybridized carbons (Fsp3) is 0.611. The molecule has 0 bridgehead atoms. The number of nitrogens with zero attached hydrogens (tertiary/aromatic N) is 3. The molecule has 1 aliphatic rings. The third-order valence-electron chi connectivity index (χ3n) is 4.45. The third kappa shape index (κ3) is 5.60. The molecule has 146 valence electrons. The molecule has 1 aliphatic heterocycles. The number of ether oxygens (including phenoxy) is 1.